The molecule has 2 aliphatic rings. The second-order valence-electron chi connectivity index (χ2n) is 13.1. The molecule has 0 spiro atoms. The number of nitrogens with two attached hydrogens (primary N) is 3. The number of hydrogen-bond acceptors (Lipinski definition) is 5. The van der Waals surface area contributed by atoms with Crippen molar-refractivity contribution in [3.8, 4) is 0 Å². The summed E-state index contributed by atoms with van der Waals surface area (Å²) in [6, 6.07) is 0.676. The first kappa shape index (κ1) is 32.3. The number of thiocarbonyl (C=S) groups is 4. The molecule has 2 rings (SSSR count). The van der Waals surface area contributed by atoms with Gasteiger partial charge in [-0.25, -0.2) is 4.99 Å². The Kier molecular flexibility index (Phi) is 12.2. The molecule has 2 fully saturated rings. The van der Waals surface area contributed by atoms with Crippen molar-refractivity contribution in [2.45, 2.75) is 118 Å². The number of nitrogens with zero attached hydrogens (tertiary/aromatic N) is 1. The maximum atomic E-state index is 5.63. The van der Waals surface area contributed by atoms with Crippen molar-refractivity contribution < 1.29 is 0 Å². The molecule has 35 heavy (non-hydrogen) atoms. The van der Waals surface area contributed by atoms with Crippen molar-refractivity contribution >= 4 is 69.1 Å². The van der Waals surface area contributed by atoms with Gasteiger partial charge in [-0.15, -0.1) is 0 Å². The fourth-order valence-corrected chi connectivity index (χ4v) is 7.43. The molecule has 2 saturated carbocycles. The van der Waals surface area contributed by atoms with Gasteiger partial charge >= 0.3 is 0 Å². The lowest BCUT2D eigenvalue weighted by molar-refractivity contribution is 0.0718. The summed E-state index contributed by atoms with van der Waals surface area (Å²) in [7, 11) is 0. The SMILES string of the molecule is CC1(C)CC(N=C=S)CC(C)(CCC(N)=S)C1.CC1(C)CC(NC(N)=S)CC(C)(CCC(N)=S)C1. The third kappa shape index (κ3) is 12.9. The van der Waals surface area contributed by atoms with Crippen molar-refractivity contribution in [2.24, 2.45) is 43.9 Å². The second kappa shape index (κ2) is 13.2. The van der Waals surface area contributed by atoms with Gasteiger partial charge in [0.1, 0.15) is 0 Å². The van der Waals surface area contributed by atoms with Gasteiger partial charge in [-0.3, -0.25) is 0 Å². The molecule has 0 radical (unpaired) electrons. The predicted octanol–water partition coefficient (Wildman–Crippen LogP) is 6.21. The van der Waals surface area contributed by atoms with Gasteiger partial charge in [0.05, 0.1) is 21.2 Å². The van der Waals surface area contributed by atoms with E-state index in [1.54, 1.807) is 0 Å². The average Bonchev–Trinajstić information content (AvgIpc) is 2.62. The smallest absolute Gasteiger partial charge is 0.163 e. The maximum absolute atomic E-state index is 5.63. The summed E-state index contributed by atoms with van der Waals surface area (Å²) in [5.41, 5.74) is 18.0. The Morgan fingerprint density at radius 2 is 1.26 bits per heavy atom. The molecule has 5 nitrogen and oxygen atoms in total. The Morgan fingerprint density at radius 3 is 1.69 bits per heavy atom. The standard InChI is InChI=1S/C13H25N3S2.C13H22N2S2/c1-12(2)6-9(16-11(15)18)7-13(3,8-12)5-4-10(14)17;1-12(2)6-10(15-9-16)7-13(3,8-12)5-4-11(14)17/h9H,4-8H2,1-3H3,(H2,14,17)(H3,15,16,18);10H,4-8H2,1-3H3,(H2,14,17). The lowest BCUT2D eigenvalue weighted by atomic mass is 9.61. The summed E-state index contributed by atoms with van der Waals surface area (Å²) in [4.78, 5) is 5.53. The van der Waals surface area contributed by atoms with E-state index < -0.39 is 0 Å². The average molecular weight is 558 g/mol. The van der Waals surface area contributed by atoms with Crippen LogP contribution in [0.5, 0.6) is 0 Å². The normalized spacial score (nSPS) is 31.1. The van der Waals surface area contributed by atoms with E-state index >= 15 is 0 Å². The lowest BCUT2D eigenvalue weighted by Crippen LogP contribution is -2.48. The van der Waals surface area contributed by atoms with Crippen LogP contribution < -0.4 is 22.5 Å². The van der Waals surface area contributed by atoms with Crippen LogP contribution in [0, 0.1) is 21.7 Å². The summed E-state index contributed by atoms with van der Waals surface area (Å²) in [6.45, 7) is 13.9. The third-order valence-electron chi connectivity index (χ3n) is 7.40. The van der Waals surface area contributed by atoms with E-state index in [-0.39, 0.29) is 10.8 Å². The first-order valence-corrected chi connectivity index (χ1v) is 14.2. The number of nitrogens with one attached hydrogen (secondary N) is 1. The number of isothiocyanates is 1. The van der Waals surface area contributed by atoms with E-state index in [9.17, 15) is 0 Å². The van der Waals surface area contributed by atoms with Crippen LogP contribution in [0.15, 0.2) is 4.99 Å². The number of rotatable bonds is 8. The molecule has 0 aliphatic heterocycles. The fraction of sp³-hybridized carbons (Fsp3) is 0.846. The van der Waals surface area contributed by atoms with Crippen molar-refractivity contribution in [1.82, 2.24) is 5.32 Å². The van der Waals surface area contributed by atoms with Crippen LogP contribution in [0.4, 0.5) is 0 Å². The minimum absolute atomic E-state index is 0.258. The maximum Gasteiger partial charge on any atom is 0.163 e. The van der Waals surface area contributed by atoms with E-state index in [4.69, 9.17) is 66.1 Å². The topological polar surface area (TPSA) is 102 Å². The van der Waals surface area contributed by atoms with Gasteiger partial charge in [-0.2, -0.15) is 0 Å². The van der Waals surface area contributed by atoms with Crippen LogP contribution in [-0.4, -0.2) is 32.3 Å². The zero-order valence-electron chi connectivity index (χ0n) is 22.5. The van der Waals surface area contributed by atoms with Gasteiger partial charge < -0.3 is 22.5 Å². The molecule has 0 aromatic heterocycles. The van der Waals surface area contributed by atoms with Crippen molar-refractivity contribution in [2.75, 3.05) is 0 Å². The van der Waals surface area contributed by atoms with Crippen LogP contribution in [0.25, 0.3) is 0 Å². The van der Waals surface area contributed by atoms with Gasteiger partial charge in [0, 0.05) is 6.04 Å². The summed E-state index contributed by atoms with van der Waals surface area (Å²) < 4.78 is 0. The molecule has 4 atom stereocenters. The second-order valence-corrected chi connectivity index (χ2v) is 14.8. The molecule has 7 N–H and O–H groups in total. The molecule has 9 heteroatoms. The minimum Gasteiger partial charge on any atom is -0.393 e. The highest BCUT2D eigenvalue weighted by Gasteiger charge is 2.42. The van der Waals surface area contributed by atoms with Crippen molar-refractivity contribution in [1.29, 1.82) is 0 Å². The summed E-state index contributed by atoms with van der Waals surface area (Å²) in [5, 5.41) is 6.16. The van der Waals surface area contributed by atoms with Gasteiger partial charge in [0.15, 0.2) is 5.11 Å². The molecule has 0 aromatic carbocycles. The highest BCUT2D eigenvalue weighted by atomic mass is 32.1. The molecular weight excluding hydrogens is 511 g/mol. The van der Waals surface area contributed by atoms with Gasteiger partial charge in [-0.1, -0.05) is 66.0 Å². The Morgan fingerprint density at radius 1 is 0.800 bits per heavy atom. The van der Waals surface area contributed by atoms with Crippen molar-refractivity contribution in [3.05, 3.63) is 0 Å². The van der Waals surface area contributed by atoms with Crippen molar-refractivity contribution in [3.63, 3.8) is 0 Å². The van der Waals surface area contributed by atoms with Crippen LogP contribution in [0.1, 0.15) is 106 Å². The van der Waals surface area contributed by atoms with Crippen LogP contribution >= 0.6 is 48.9 Å². The van der Waals surface area contributed by atoms with Crippen LogP contribution in [-0.2, 0) is 0 Å². The quantitative estimate of drug-likeness (QED) is 0.206. The van der Waals surface area contributed by atoms with E-state index in [1.807, 2.05) is 0 Å². The van der Waals surface area contributed by atoms with Gasteiger partial charge in [0.25, 0.3) is 0 Å². The molecular formula is C26H47N5S4. The molecule has 200 valence electrons. The van der Waals surface area contributed by atoms with E-state index in [0.717, 1.165) is 51.4 Å². The number of hydrogen-bond donors (Lipinski definition) is 4. The summed E-state index contributed by atoms with van der Waals surface area (Å²) in [6.07, 6.45) is 10.5. The minimum atomic E-state index is 0.258. The van der Waals surface area contributed by atoms with E-state index in [1.165, 1.54) is 12.8 Å². The first-order chi connectivity index (χ1) is 15.9. The largest absolute Gasteiger partial charge is 0.393 e. The zero-order chi connectivity index (χ0) is 27.1. The fourth-order valence-electron chi connectivity index (χ4n) is 6.91. The van der Waals surface area contributed by atoms with Gasteiger partial charge in [-0.05, 0) is 110 Å². The zero-order valence-corrected chi connectivity index (χ0v) is 25.8. The molecule has 0 aromatic rings. The Labute approximate surface area is 235 Å². The molecule has 0 amide bonds. The highest BCUT2D eigenvalue weighted by molar-refractivity contribution is 7.80. The molecule has 4 unspecified atom stereocenters. The Bertz CT molecular complexity index is 821. The van der Waals surface area contributed by atoms with Gasteiger partial charge in [0.2, 0.25) is 0 Å². The van der Waals surface area contributed by atoms with Crippen LogP contribution in [0.3, 0.4) is 0 Å². The predicted molar refractivity (Wildman–Crippen MR) is 166 cm³/mol. The molecule has 2 aliphatic carbocycles. The third-order valence-corrected chi connectivity index (χ3v) is 8.03. The molecule has 0 saturated heterocycles. The van der Waals surface area contributed by atoms with E-state index in [2.05, 4.69) is 57.0 Å². The summed E-state index contributed by atoms with van der Waals surface area (Å²) >= 11 is 19.7. The van der Waals surface area contributed by atoms with E-state index in [0.29, 0.717) is 38.0 Å². The Hall–Kier alpha value is -0.730. The molecule has 0 bridgehead atoms. The number of aliphatic imine (C=N–C) groups is 1. The highest BCUT2D eigenvalue weighted by Crippen LogP contribution is 2.50. The lowest BCUT2D eigenvalue weighted by Gasteiger charge is -2.47. The molecule has 0 heterocycles. The van der Waals surface area contributed by atoms with Crippen LogP contribution in [0.2, 0.25) is 0 Å². The Balaban J connectivity index is 0.000000351. The summed E-state index contributed by atoms with van der Waals surface area (Å²) in [5.74, 6) is 0. The monoisotopic (exact) mass is 557 g/mol. The first-order valence-electron chi connectivity index (χ1n) is 12.6.